The van der Waals surface area contributed by atoms with E-state index in [1.165, 1.54) is 0 Å². The average Bonchev–Trinajstić information content (AvgIpc) is 2.03. The van der Waals surface area contributed by atoms with E-state index in [1.54, 1.807) is 0 Å². The second-order valence-electron chi connectivity index (χ2n) is 0. The monoisotopic (exact) mass is 166 g/mol. The van der Waals surface area contributed by atoms with Crippen LogP contribution in [-0.2, 0) is 0 Å². The molecule has 0 unspecified atom stereocenters. The van der Waals surface area contributed by atoms with Gasteiger partial charge in [0.15, 0.2) is 0 Å². The van der Waals surface area contributed by atoms with Gasteiger partial charge in [0.05, 0.1) is 0 Å². The van der Waals surface area contributed by atoms with Gasteiger partial charge in [0.1, 0.15) is 0 Å². The second-order valence-corrected chi connectivity index (χ2v) is 0. The molecule has 0 fully saturated rings. The van der Waals surface area contributed by atoms with Gasteiger partial charge in [-0.15, -0.1) is 0 Å². The zero-order valence-electron chi connectivity index (χ0n) is 5.42. The van der Waals surface area contributed by atoms with Crippen LogP contribution in [0.5, 0.6) is 0 Å². The van der Waals surface area contributed by atoms with Crippen LogP contribution >= 0.6 is 0 Å². The van der Waals surface area contributed by atoms with E-state index in [2.05, 4.69) is 0 Å². The van der Waals surface area contributed by atoms with E-state index in [-0.39, 0.29) is 17.7 Å². The van der Waals surface area contributed by atoms with Gasteiger partial charge < -0.3 is 0 Å². The largest absolute Gasteiger partial charge is 1.00 e. The summed E-state index contributed by atoms with van der Waals surface area (Å²) < 4.78 is 0. The molecule has 8 nitrogen and oxygen atoms in total. The summed E-state index contributed by atoms with van der Waals surface area (Å²) in [5.74, 6) is 0. The summed E-state index contributed by atoms with van der Waals surface area (Å²) in [5, 5.41) is 24.0. The minimum absolute atomic E-state index is 0. The SMILES string of the molecule is C.C.O=O.O=O.OO.OO.[H+].[H+]. The topological polar surface area (TPSA) is 149 Å². The van der Waals surface area contributed by atoms with Gasteiger partial charge in [-0.3, -0.25) is 21.0 Å². The molecule has 0 bridgehead atoms. The summed E-state index contributed by atoms with van der Waals surface area (Å²) in [4.78, 5) is 28.0. The minimum Gasteiger partial charge on any atom is -0.255 e. The van der Waals surface area contributed by atoms with Gasteiger partial charge in [-0.1, -0.05) is 14.9 Å². The maximum atomic E-state index is 7.00. The number of hydrogen-bond donors (Lipinski definition) is 4. The van der Waals surface area contributed by atoms with Gasteiger partial charge in [-0.2, -0.15) is 0 Å². The van der Waals surface area contributed by atoms with E-state index in [1.807, 2.05) is 0 Å². The molecule has 0 aliphatic rings. The second kappa shape index (κ2) is 432. The predicted molar refractivity (Wildman–Crippen MR) is 39.7 cm³/mol. The fraction of sp³-hybridized carbons (Fsp3) is 1.00. The van der Waals surface area contributed by atoms with Crippen molar-refractivity contribution >= 4 is 0 Å². The van der Waals surface area contributed by atoms with Gasteiger partial charge in [0.2, 0.25) is 0 Å². The molecule has 0 saturated carbocycles. The van der Waals surface area contributed by atoms with Crippen LogP contribution in [0, 0.1) is 19.9 Å². The lowest BCUT2D eigenvalue weighted by Gasteiger charge is -1.25. The first kappa shape index (κ1) is 63.2. The smallest absolute Gasteiger partial charge is 0.255 e. The van der Waals surface area contributed by atoms with Crippen LogP contribution in [0.4, 0.5) is 0 Å². The molecule has 0 saturated heterocycles. The van der Waals surface area contributed by atoms with E-state index < -0.39 is 0 Å². The Morgan fingerprint density at radius 1 is 0.600 bits per heavy atom. The van der Waals surface area contributed by atoms with E-state index in [0.29, 0.717) is 0 Å². The molecule has 0 aromatic heterocycles. The fourth-order valence-electron chi connectivity index (χ4n) is 0. The third kappa shape index (κ3) is 279. The Balaban J connectivity index is -0.00000000267. The highest BCUT2D eigenvalue weighted by molar-refractivity contribution is 4.08. The maximum Gasteiger partial charge on any atom is 1.00 e. The van der Waals surface area contributed by atoms with Crippen LogP contribution < -0.4 is 0 Å². The lowest BCUT2D eigenvalue weighted by Crippen LogP contribution is -1.29. The summed E-state index contributed by atoms with van der Waals surface area (Å²) >= 11 is 0. The van der Waals surface area contributed by atoms with Crippen LogP contribution in [0.3, 0.4) is 0 Å². The van der Waals surface area contributed by atoms with Crippen molar-refractivity contribution in [1.82, 2.24) is 0 Å². The van der Waals surface area contributed by atoms with Crippen LogP contribution in [-0.4, -0.2) is 21.0 Å². The van der Waals surface area contributed by atoms with Crippen LogP contribution in [0.2, 0.25) is 0 Å². The standard InChI is InChI=1S/2CH4.2H2O2.2O2/c;;4*1-2/h2*1H4;2*1-2H;;/p+2. The van der Waals surface area contributed by atoms with Crippen molar-refractivity contribution in [2.75, 3.05) is 0 Å². The van der Waals surface area contributed by atoms with Gasteiger partial charge in [0.25, 0.3) is 0 Å². The highest BCUT2D eigenvalue weighted by Gasteiger charge is 0.748. The Hall–Kier alpha value is -0.960. The van der Waals surface area contributed by atoms with Crippen LogP contribution in [0.15, 0.2) is 0 Å². The van der Waals surface area contributed by atoms with Crippen molar-refractivity contribution in [3.63, 3.8) is 0 Å². The quantitative estimate of drug-likeness (QED) is 0.313. The zero-order valence-corrected chi connectivity index (χ0v) is 3.42. The molecule has 0 aliphatic carbocycles. The third-order valence-corrected chi connectivity index (χ3v) is 0. The summed E-state index contributed by atoms with van der Waals surface area (Å²) in [6.45, 7) is 0. The Kier molecular flexibility index (Phi) is 2730. The summed E-state index contributed by atoms with van der Waals surface area (Å²) in [6, 6.07) is 0. The van der Waals surface area contributed by atoms with Crippen molar-refractivity contribution in [2.24, 2.45) is 0 Å². The Morgan fingerprint density at radius 2 is 0.600 bits per heavy atom. The number of hydrogen-bond acceptors (Lipinski definition) is 8. The zero-order chi connectivity index (χ0) is 8.00. The van der Waals surface area contributed by atoms with Crippen LogP contribution in [0.1, 0.15) is 17.7 Å². The van der Waals surface area contributed by atoms with E-state index >= 15 is 0 Å². The molecule has 0 atom stereocenters. The Labute approximate surface area is 60.0 Å². The fourth-order valence-corrected chi connectivity index (χ4v) is 0. The normalized spacial score (nSPS) is 2.00. The summed E-state index contributed by atoms with van der Waals surface area (Å²) in [6.07, 6.45) is 0. The van der Waals surface area contributed by atoms with Gasteiger partial charge >= 0.3 is 2.85 Å². The third-order valence-electron chi connectivity index (χ3n) is 0. The lowest BCUT2D eigenvalue weighted by atomic mass is 12.0. The molecule has 0 heterocycles. The molecule has 0 radical (unpaired) electrons. The Morgan fingerprint density at radius 3 is 0.600 bits per heavy atom. The molecule has 0 amide bonds. The van der Waals surface area contributed by atoms with Gasteiger partial charge in [-0.25, -0.2) is 0 Å². The van der Waals surface area contributed by atoms with Crippen molar-refractivity contribution in [3.8, 4) is 0 Å². The highest BCUT2D eigenvalue weighted by Crippen LogP contribution is 0.743. The first-order valence-corrected chi connectivity index (χ1v) is 0.733. The van der Waals surface area contributed by atoms with Crippen molar-refractivity contribution in [2.45, 2.75) is 14.9 Å². The summed E-state index contributed by atoms with van der Waals surface area (Å²) in [5.41, 5.74) is 0. The van der Waals surface area contributed by atoms with Gasteiger partial charge in [-0.05, 0) is 0 Å². The van der Waals surface area contributed by atoms with Gasteiger partial charge in [0, 0.05) is 19.9 Å². The molecular weight excluding hydrogens is 152 g/mol. The molecule has 0 spiro atoms. The van der Waals surface area contributed by atoms with E-state index in [0.717, 1.165) is 0 Å². The molecule has 8 heteroatoms. The molecule has 0 aromatic rings. The Bertz CT molecular complexity index is 17.0. The lowest BCUT2D eigenvalue weighted by molar-refractivity contribution is -0.176. The minimum atomic E-state index is 0. The van der Waals surface area contributed by atoms with E-state index in [4.69, 9.17) is 40.9 Å². The molecule has 10 heavy (non-hydrogen) atoms. The molecule has 4 N–H and O–H groups in total. The van der Waals surface area contributed by atoms with Crippen molar-refractivity contribution in [1.29, 1.82) is 0 Å². The summed E-state index contributed by atoms with van der Waals surface area (Å²) in [7, 11) is 0. The maximum absolute atomic E-state index is 7.00. The van der Waals surface area contributed by atoms with Crippen molar-refractivity contribution in [3.05, 3.63) is 19.9 Å². The first-order valence-electron chi connectivity index (χ1n) is 0.733. The average molecular weight is 166 g/mol. The first-order chi connectivity index (χ1) is 4.00. The molecule has 0 aromatic carbocycles. The molecular formula is C2H14O8+2. The molecule has 68 valence electrons. The molecule has 0 rings (SSSR count). The number of rotatable bonds is 0. The van der Waals surface area contributed by atoms with Crippen molar-refractivity contribution < 1.29 is 23.9 Å². The highest BCUT2D eigenvalue weighted by atomic mass is 17.0. The van der Waals surface area contributed by atoms with Crippen LogP contribution in [0.25, 0.3) is 0 Å². The predicted octanol–water partition coefficient (Wildman–Crippen LogP) is 1.67. The van der Waals surface area contributed by atoms with E-state index in [9.17, 15) is 0 Å². The molecule has 0 aliphatic heterocycles.